The summed E-state index contributed by atoms with van der Waals surface area (Å²) in [5.41, 5.74) is 0.792. The van der Waals surface area contributed by atoms with Crippen molar-refractivity contribution in [2.45, 2.75) is 13.3 Å². The van der Waals surface area contributed by atoms with Crippen LogP contribution in [0.15, 0.2) is 28.8 Å². The summed E-state index contributed by atoms with van der Waals surface area (Å²) in [6.07, 6.45) is 0.440. The Kier molecular flexibility index (Phi) is 2.91. The third kappa shape index (κ3) is 2.04. The number of carboxylic acids is 1. The van der Waals surface area contributed by atoms with E-state index in [2.05, 4.69) is 5.16 Å². The van der Waals surface area contributed by atoms with E-state index in [1.54, 1.807) is 6.92 Å². The number of hydrogen-bond donors (Lipinski definition) is 1. The monoisotopic (exact) mass is 235 g/mol. The van der Waals surface area contributed by atoms with Crippen LogP contribution in [0.1, 0.15) is 23.0 Å². The maximum absolute atomic E-state index is 12.8. The first kappa shape index (κ1) is 11.3. The molecule has 88 valence electrons. The molecule has 2 rings (SSSR count). The van der Waals surface area contributed by atoms with Crippen LogP contribution in [0.4, 0.5) is 4.39 Å². The second kappa shape index (κ2) is 4.37. The molecule has 0 spiro atoms. The van der Waals surface area contributed by atoms with Gasteiger partial charge in [0.25, 0.3) is 0 Å². The normalized spacial score (nSPS) is 10.5. The summed E-state index contributed by atoms with van der Waals surface area (Å²) in [7, 11) is 0. The highest BCUT2D eigenvalue weighted by Gasteiger charge is 2.22. The molecule has 0 atom stereocenters. The van der Waals surface area contributed by atoms with E-state index in [4.69, 9.17) is 9.63 Å². The fourth-order valence-electron chi connectivity index (χ4n) is 1.59. The van der Waals surface area contributed by atoms with Crippen LogP contribution in [-0.4, -0.2) is 16.2 Å². The first-order valence-corrected chi connectivity index (χ1v) is 5.11. The first-order valence-electron chi connectivity index (χ1n) is 5.11. The molecule has 0 aliphatic rings. The number of carboxylic acid groups (broad SMARTS) is 1. The van der Waals surface area contributed by atoms with Gasteiger partial charge < -0.3 is 9.63 Å². The lowest BCUT2D eigenvalue weighted by Gasteiger charge is -1.98. The molecule has 1 N–H and O–H groups in total. The zero-order chi connectivity index (χ0) is 12.4. The van der Waals surface area contributed by atoms with E-state index in [0.29, 0.717) is 17.7 Å². The Morgan fingerprint density at radius 1 is 1.41 bits per heavy atom. The number of aromatic carboxylic acids is 1. The Morgan fingerprint density at radius 2 is 2.06 bits per heavy atom. The summed E-state index contributed by atoms with van der Waals surface area (Å²) in [5.74, 6) is -1.16. The van der Waals surface area contributed by atoms with Gasteiger partial charge in [0.2, 0.25) is 0 Å². The van der Waals surface area contributed by atoms with Crippen LogP contribution in [0.2, 0.25) is 0 Å². The zero-order valence-corrected chi connectivity index (χ0v) is 9.11. The zero-order valence-electron chi connectivity index (χ0n) is 9.11. The Bertz CT molecular complexity index is 545. The van der Waals surface area contributed by atoms with Gasteiger partial charge >= 0.3 is 5.97 Å². The second-order valence-corrected chi connectivity index (χ2v) is 3.49. The minimum absolute atomic E-state index is 0.0408. The molecule has 1 aromatic carbocycles. The van der Waals surface area contributed by atoms with Crippen molar-refractivity contribution in [1.29, 1.82) is 0 Å². The van der Waals surface area contributed by atoms with Gasteiger partial charge in [-0.05, 0) is 24.3 Å². The molecule has 0 radical (unpaired) electrons. The van der Waals surface area contributed by atoms with Crippen LogP contribution in [0.25, 0.3) is 11.3 Å². The summed E-state index contributed by atoms with van der Waals surface area (Å²) < 4.78 is 17.7. The molecular formula is C12H10FNO3. The first-order chi connectivity index (χ1) is 8.13. The molecule has 0 aliphatic carbocycles. The number of halogens is 1. The third-order valence-electron chi connectivity index (χ3n) is 2.42. The average molecular weight is 235 g/mol. The van der Waals surface area contributed by atoms with Crippen LogP contribution >= 0.6 is 0 Å². The van der Waals surface area contributed by atoms with Gasteiger partial charge in [-0.3, -0.25) is 0 Å². The molecular weight excluding hydrogens is 225 g/mol. The third-order valence-corrected chi connectivity index (χ3v) is 2.42. The Labute approximate surface area is 96.7 Å². The summed E-state index contributed by atoms with van der Waals surface area (Å²) in [5, 5.41) is 12.8. The summed E-state index contributed by atoms with van der Waals surface area (Å²) in [4.78, 5) is 11.1. The van der Waals surface area contributed by atoms with E-state index in [-0.39, 0.29) is 17.1 Å². The van der Waals surface area contributed by atoms with Gasteiger partial charge in [-0.15, -0.1) is 0 Å². The van der Waals surface area contributed by atoms with Crippen molar-refractivity contribution in [3.63, 3.8) is 0 Å². The lowest BCUT2D eigenvalue weighted by molar-refractivity contribution is 0.0695. The fourth-order valence-corrected chi connectivity index (χ4v) is 1.59. The van der Waals surface area contributed by atoms with Gasteiger partial charge in [-0.2, -0.15) is 0 Å². The molecule has 0 aliphatic heterocycles. The van der Waals surface area contributed by atoms with Gasteiger partial charge in [0.15, 0.2) is 5.76 Å². The standard InChI is InChI=1S/C12H10FNO3/c1-2-9-10(12(15)16)11(14-17-9)7-3-5-8(13)6-4-7/h3-6H,2H2,1H3,(H,15,16). The number of nitrogens with zero attached hydrogens (tertiary/aromatic N) is 1. The van der Waals surface area contributed by atoms with Crippen LogP contribution in [0.5, 0.6) is 0 Å². The molecule has 2 aromatic rings. The topological polar surface area (TPSA) is 63.3 Å². The predicted octanol–water partition coefficient (Wildman–Crippen LogP) is 2.74. The van der Waals surface area contributed by atoms with E-state index in [0.717, 1.165) is 0 Å². The molecule has 17 heavy (non-hydrogen) atoms. The summed E-state index contributed by atoms with van der Waals surface area (Å²) in [6.45, 7) is 1.78. The second-order valence-electron chi connectivity index (χ2n) is 3.49. The summed E-state index contributed by atoms with van der Waals surface area (Å²) in [6, 6.07) is 5.45. The van der Waals surface area contributed by atoms with Crippen molar-refractivity contribution < 1.29 is 18.8 Å². The van der Waals surface area contributed by atoms with Crippen molar-refractivity contribution in [1.82, 2.24) is 5.16 Å². The molecule has 5 heteroatoms. The fraction of sp³-hybridized carbons (Fsp3) is 0.167. The van der Waals surface area contributed by atoms with Crippen LogP contribution < -0.4 is 0 Å². The van der Waals surface area contributed by atoms with Gasteiger partial charge in [0, 0.05) is 12.0 Å². The number of benzene rings is 1. The Balaban J connectivity index is 2.55. The van der Waals surface area contributed by atoms with Crippen LogP contribution in [0.3, 0.4) is 0 Å². The van der Waals surface area contributed by atoms with Crippen molar-refractivity contribution in [2.75, 3.05) is 0 Å². The summed E-state index contributed by atoms with van der Waals surface area (Å²) >= 11 is 0. The van der Waals surface area contributed by atoms with Crippen LogP contribution in [-0.2, 0) is 6.42 Å². The van der Waals surface area contributed by atoms with Gasteiger partial charge in [-0.1, -0.05) is 12.1 Å². The van der Waals surface area contributed by atoms with Gasteiger partial charge in [0.1, 0.15) is 17.1 Å². The molecule has 0 saturated heterocycles. The lowest BCUT2D eigenvalue weighted by Crippen LogP contribution is -2.00. The molecule has 0 bridgehead atoms. The van der Waals surface area contributed by atoms with Gasteiger partial charge in [-0.25, -0.2) is 9.18 Å². The highest BCUT2D eigenvalue weighted by atomic mass is 19.1. The van der Waals surface area contributed by atoms with E-state index in [1.807, 2.05) is 0 Å². The van der Waals surface area contributed by atoms with E-state index < -0.39 is 5.97 Å². The smallest absolute Gasteiger partial charge is 0.341 e. The minimum Gasteiger partial charge on any atom is -0.477 e. The van der Waals surface area contributed by atoms with E-state index in [9.17, 15) is 9.18 Å². The molecule has 0 saturated carbocycles. The quantitative estimate of drug-likeness (QED) is 0.888. The maximum Gasteiger partial charge on any atom is 0.341 e. The van der Waals surface area contributed by atoms with E-state index in [1.165, 1.54) is 24.3 Å². The molecule has 1 heterocycles. The van der Waals surface area contributed by atoms with Crippen LogP contribution in [0, 0.1) is 5.82 Å². The largest absolute Gasteiger partial charge is 0.477 e. The highest BCUT2D eigenvalue weighted by Crippen LogP contribution is 2.26. The SMILES string of the molecule is CCc1onc(-c2ccc(F)cc2)c1C(=O)O. The predicted molar refractivity (Wildman–Crippen MR) is 58.2 cm³/mol. The van der Waals surface area contributed by atoms with Crippen molar-refractivity contribution in [3.8, 4) is 11.3 Å². The molecule has 0 fully saturated rings. The van der Waals surface area contributed by atoms with Crippen molar-refractivity contribution >= 4 is 5.97 Å². The van der Waals surface area contributed by atoms with Gasteiger partial charge in [0.05, 0.1) is 0 Å². The molecule has 0 amide bonds. The van der Waals surface area contributed by atoms with Crippen molar-refractivity contribution in [2.24, 2.45) is 0 Å². The van der Waals surface area contributed by atoms with E-state index >= 15 is 0 Å². The minimum atomic E-state index is -1.09. The Morgan fingerprint density at radius 3 is 2.59 bits per heavy atom. The number of carbonyl (C=O) groups is 1. The van der Waals surface area contributed by atoms with Crippen molar-refractivity contribution in [3.05, 3.63) is 41.4 Å². The number of aromatic nitrogens is 1. The molecule has 0 unspecified atom stereocenters. The highest BCUT2D eigenvalue weighted by molar-refractivity contribution is 5.95. The number of aryl methyl sites for hydroxylation is 1. The maximum atomic E-state index is 12.8. The number of rotatable bonds is 3. The lowest BCUT2D eigenvalue weighted by atomic mass is 10.1. The molecule has 4 nitrogen and oxygen atoms in total. The molecule has 1 aromatic heterocycles. The number of hydrogen-bond acceptors (Lipinski definition) is 3. The Hall–Kier alpha value is -2.17. The average Bonchev–Trinajstić information content (AvgIpc) is 2.73.